The number of carbonyl (C=O) groups excluding carboxylic acids is 2. The van der Waals surface area contributed by atoms with Gasteiger partial charge < -0.3 is 19.8 Å². The van der Waals surface area contributed by atoms with E-state index in [0.29, 0.717) is 26.1 Å². The normalized spacial score (nSPS) is 17.6. The number of aromatic amines is 1. The SMILES string of the molecule is COC(=O)c1cn([C@@H]2C[C@@H](C(=O)NCCc3c[nH]c4ccccc34)N(CC=Cc3ccccc3OC)C2)nn1. The van der Waals surface area contributed by atoms with E-state index in [9.17, 15) is 9.59 Å². The van der Waals surface area contributed by atoms with E-state index in [-0.39, 0.29) is 23.7 Å². The molecule has 10 heteroatoms. The van der Waals surface area contributed by atoms with Gasteiger partial charge in [-0.05, 0) is 30.5 Å². The molecule has 2 atom stereocenters. The van der Waals surface area contributed by atoms with Crippen molar-refractivity contribution >= 4 is 28.9 Å². The first-order valence-corrected chi connectivity index (χ1v) is 12.9. The number of carbonyl (C=O) groups is 2. The van der Waals surface area contributed by atoms with Crippen LogP contribution in [0.25, 0.3) is 17.0 Å². The molecule has 202 valence electrons. The number of aromatic nitrogens is 4. The Hall–Kier alpha value is -4.44. The van der Waals surface area contributed by atoms with E-state index in [1.54, 1.807) is 18.0 Å². The summed E-state index contributed by atoms with van der Waals surface area (Å²) < 4.78 is 11.9. The molecule has 10 nitrogen and oxygen atoms in total. The number of likely N-dealkylation sites (tertiary alicyclic amines) is 1. The van der Waals surface area contributed by atoms with Crippen molar-refractivity contribution in [3.63, 3.8) is 0 Å². The number of esters is 1. The van der Waals surface area contributed by atoms with E-state index in [2.05, 4.69) is 31.6 Å². The maximum absolute atomic E-state index is 13.4. The fraction of sp³-hybridized carbons (Fsp3) is 0.310. The van der Waals surface area contributed by atoms with Gasteiger partial charge >= 0.3 is 5.97 Å². The first kappa shape index (κ1) is 26.2. The van der Waals surface area contributed by atoms with Crippen LogP contribution in [0, 0.1) is 0 Å². The second-order valence-corrected chi connectivity index (χ2v) is 9.48. The molecular weight excluding hydrogens is 496 g/mol. The molecule has 3 heterocycles. The van der Waals surface area contributed by atoms with Crippen molar-refractivity contribution in [2.45, 2.75) is 24.9 Å². The zero-order valence-electron chi connectivity index (χ0n) is 22.0. The van der Waals surface area contributed by atoms with Crippen LogP contribution in [0.4, 0.5) is 0 Å². The Morgan fingerprint density at radius 3 is 2.82 bits per heavy atom. The van der Waals surface area contributed by atoms with Gasteiger partial charge in [-0.2, -0.15) is 0 Å². The van der Waals surface area contributed by atoms with Crippen LogP contribution in [0.1, 0.15) is 34.1 Å². The number of ether oxygens (including phenoxy) is 2. The van der Waals surface area contributed by atoms with Gasteiger partial charge in [0.1, 0.15) is 5.75 Å². The fourth-order valence-corrected chi connectivity index (χ4v) is 5.09. The van der Waals surface area contributed by atoms with Crippen LogP contribution >= 0.6 is 0 Å². The summed E-state index contributed by atoms with van der Waals surface area (Å²) in [7, 11) is 2.96. The highest BCUT2D eigenvalue weighted by Crippen LogP contribution is 2.28. The third kappa shape index (κ3) is 5.85. The van der Waals surface area contributed by atoms with Crippen molar-refractivity contribution in [1.82, 2.24) is 30.2 Å². The summed E-state index contributed by atoms with van der Waals surface area (Å²) in [6.07, 6.45) is 8.89. The summed E-state index contributed by atoms with van der Waals surface area (Å²) in [5.74, 6) is 0.219. The molecule has 2 N–H and O–H groups in total. The second kappa shape index (κ2) is 12.0. The summed E-state index contributed by atoms with van der Waals surface area (Å²) in [6.45, 7) is 1.68. The van der Waals surface area contributed by atoms with Gasteiger partial charge in [-0.15, -0.1) is 5.10 Å². The Morgan fingerprint density at radius 2 is 1.97 bits per heavy atom. The molecule has 0 unspecified atom stereocenters. The fourth-order valence-electron chi connectivity index (χ4n) is 5.09. The lowest BCUT2D eigenvalue weighted by Gasteiger charge is -2.22. The topological polar surface area (TPSA) is 114 Å². The Kier molecular flexibility index (Phi) is 8.02. The number of fused-ring (bicyclic) bond motifs is 1. The molecule has 1 amide bonds. The Labute approximate surface area is 226 Å². The minimum atomic E-state index is -0.539. The van der Waals surface area contributed by atoms with E-state index >= 15 is 0 Å². The van der Waals surface area contributed by atoms with Crippen molar-refractivity contribution < 1.29 is 19.1 Å². The molecule has 5 rings (SSSR count). The minimum absolute atomic E-state index is 0.0312. The van der Waals surface area contributed by atoms with Gasteiger partial charge in [0.15, 0.2) is 5.69 Å². The number of nitrogens with zero attached hydrogens (tertiary/aromatic N) is 4. The van der Waals surface area contributed by atoms with Crippen LogP contribution < -0.4 is 10.1 Å². The molecule has 0 bridgehead atoms. The highest BCUT2D eigenvalue weighted by molar-refractivity contribution is 5.86. The third-order valence-corrected chi connectivity index (χ3v) is 7.11. The molecule has 0 saturated carbocycles. The van der Waals surface area contributed by atoms with Crippen molar-refractivity contribution in [1.29, 1.82) is 0 Å². The minimum Gasteiger partial charge on any atom is -0.496 e. The van der Waals surface area contributed by atoms with Gasteiger partial charge in [-0.25, -0.2) is 9.48 Å². The molecule has 2 aromatic heterocycles. The quantitative estimate of drug-likeness (QED) is 0.304. The van der Waals surface area contributed by atoms with Gasteiger partial charge in [0.2, 0.25) is 5.91 Å². The first-order valence-electron chi connectivity index (χ1n) is 12.9. The Bertz CT molecular complexity index is 1480. The van der Waals surface area contributed by atoms with Gasteiger partial charge in [0.05, 0.1) is 32.5 Å². The molecule has 0 radical (unpaired) electrons. The summed E-state index contributed by atoms with van der Waals surface area (Å²) in [4.78, 5) is 30.7. The number of hydrogen-bond donors (Lipinski definition) is 2. The van der Waals surface area contributed by atoms with Crippen molar-refractivity contribution in [2.75, 3.05) is 33.9 Å². The molecule has 0 spiro atoms. The number of benzene rings is 2. The second-order valence-electron chi connectivity index (χ2n) is 9.48. The predicted molar refractivity (Wildman–Crippen MR) is 147 cm³/mol. The van der Waals surface area contributed by atoms with Crippen molar-refractivity contribution in [2.24, 2.45) is 0 Å². The zero-order chi connectivity index (χ0) is 27.2. The van der Waals surface area contributed by atoms with Gasteiger partial charge in [-0.1, -0.05) is 53.8 Å². The molecular formula is C29H32N6O4. The maximum Gasteiger partial charge on any atom is 0.360 e. The number of methoxy groups -OCH3 is 2. The van der Waals surface area contributed by atoms with Crippen LogP contribution in [-0.2, 0) is 16.0 Å². The van der Waals surface area contributed by atoms with Gasteiger partial charge in [0, 0.05) is 42.3 Å². The molecule has 4 aromatic rings. The van der Waals surface area contributed by atoms with Gasteiger partial charge in [0.25, 0.3) is 0 Å². The molecule has 1 aliphatic heterocycles. The molecule has 1 saturated heterocycles. The average molecular weight is 529 g/mol. The highest BCUT2D eigenvalue weighted by atomic mass is 16.5. The summed E-state index contributed by atoms with van der Waals surface area (Å²) in [5, 5.41) is 12.4. The lowest BCUT2D eigenvalue weighted by Crippen LogP contribution is -2.43. The van der Waals surface area contributed by atoms with Crippen molar-refractivity contribution in [3.8, 4) is 5.75 Å². The monoisotopic (exact) mass is 528 g/mol. The maximum atomic E-state index is 13.4. The molecule has 1 fully saturated rings. The van der Waals surface area contributed by atoms with E-state index in [4.69, 9.17) is 9.47 Å². The molecule has 0 aliphatic carbocycles. The molecule has 2 aromatic carbocycles. The van der Waals surface area contributed by atoms with Crippen LogP contribution in [0.5, 0.6) is 5.75 Å². The van der Waals surface area contributed by atoms with E-state index in [0.717, 1.165) is 23.3 Å². The van der Waals surface area contributed by atoms with Crippen LogP contribution in [-0.4, -0.2) is 76.6 Å². The highest BCUT2D eigenvalue weighted by Gasteiger charge is 2.37. The van der Waals surface area contributed by atoms with Crippen LogP contribution in [0.3, 0.4) is 0 Å². The standard InChI is InChI=1S/C29H32N6O4/c1-38-27-12-6-3-8-20(27)9-7-15-34-18-22(35-19-25(32-33-35)29(37)39-2)16-26(34)28(36)30-14-13-21-17-31-24-11-5-4-10-23(21)24/h3-12,17,19,22,26,31H,13-16,18H2,1-2H3,(H,30,36)/t22-,26+/m1/s1. The summed E-state index contributed by atoms with van der Waals surface area (Å²) >= 11 is 0. The number of nitrogens with one attached hydrogen (secondary N) is 2. The van der Waals surface area contributed by atoms with Crippen LogP contribution in [0.2, 0.25) is 0 Å². The smallest absolute Gasteiger partial charge is 0.360 e. The summed E-state index contributed by atoms with van der Waals surface area (Å²) in [5.41, 5.74) is 3.37. The van der Waals surface area contributed by atoms with Gasteiger partial charge in [-0.3, -0.25) is 9.69 Å². The van der Waals surface area contributed by atoms with E-state index in [1.807, 2.05) is 60.8 Å². The third-order valence-electron chi connectivity index (χ3n) is 7.11. The number of para-hydroxylation sites is 2. The number of H-pyrrole nitrogens is 1. The molecule has 1 aliphatic rings. The Balaban J connectivity index is 1.27. The number of hydrogen-bond acceptors (Lipinski definition) is 7. The lowest BCUT2D eigenvalue weighted by atomic mass is 10.1. The predicted octanol–water partition coefficient (Wildman–Crippen LogP) is 3.24. The zero-order valence-corrected chi connectivity index (χ0v) is 22.0. The van der Waals surface area contributed by atoms with Crippen molar-refractivity contribution in [3.05, 3.63) is 83.8 Å². The Morgan fingerprint density at radius 1 is 1.15 bits per heavy atom. The molecule has 39 heavy (non-hydrogen) atoms. The number of rotatable bonds is 10. The summed E-state index contributed by atoms with van der Waals surface area (Å²) in [6, 6.07) is 15.5. The van der Waals surface area contributed by atoms with E-state index < -0.39 is 5.97 Å². The van der Waals surface area contributed by atoms with Crippen LogP contribution in [0.15, 0.2) is 67.0 Å². The lowest BCUT2D eigenvalue weighted by molar-refractivity contribution is -0.125. The first-order chi connectivity index (χ1) is 19.1. The largest absolute Gasteiger partial charge is 0.496 e. The average Bonchev–Trinajstić information content (AvgIpc) is 3.72. The van der Waals surface area contributed by atoms with E-state index in [1.165, 1.54) is 18.1 Å². The number of amides is 1.